The zero-order chi connectivity index (χ0) is 14.8. The minimum Gasteiger partial charge on any atom is -0.325 e. The Balaban J connectivity index is 2.11. The van der Waals surface area contributed by atoms with E-state index in [0.29, 0.717) is 0 Å². The fourth-order valence-corrected chi connectivity index (χ4v) is 3.38. The largest absolute Gasteiger partial charge is 0.325 e. The fourth-order valence-electron chi connectivity index (χ4n) is 2.89. The van der Waals surface area contributed by atoms with Crippen LogP contribution in [-0.4, -0.2) is 10.7 Å². The molecule has 0 fully saturated rings. The summed E-state index contributed by atoms with van der Waals surface area (Å²) in [4.78, 5) is 12.0. The Kier molecular flexibility index (Phi) is 4.11. The maximum atomic E-state index is 12.2. The molecule has 1 aliphatic rings. The van der Waals surface area contributed by atoms with Gasteiger partial charge in [0.2, 0.25) is 5.91 Å². The highest BCUT2D eigenvalue weighted by Gasteiger charge is 2.29. The molecule has 0 aliphatic carbocycles. The Morgan fingerprint density at radius 1 is 1.19 bits per heavy atom. The van der Waals surface area contributed by atoms with Crippen LogP contribution in [-0.2, 0) is 11.2 Å². The van der Waals surface area contributed by atoms with Gasteiger partial charge in [-0.2, -0.15) is 0 Å². The molecule has 2 unspecified atom stereocenters. The molecule has 2 aromatic rings. The number of fused-ring (bicyclic) bond motifs is 1. The summed E-state index contributed by atoms with van der Waals surface area (Å²) in [7, 11) is 0. The second-order valence-corrected chi connectivity index (χ2v) is 6.54. The molecule has 21 heavy (non-hydrogen) atoms. The minimum atomic E-state index is -0.166. The number of halogens is 1. The molecule has 0 bridgehead atoms. The van der Waals surface area contributed by atoms with E-state index < -0.39 is 0 Å². The van der Waals surface area contributed by atoms with Gasteiger partial charge in [-0.25, -0.2) is 0 Å². The van der Waals surface area contributed by atoms with Gasteiger partial charge in [0.15, 0.2) is 0 Å². The van der Waals surface area contributed by atoms with Gasteiger partial charge < -0.3 is 5.32 Å². The number of aryl methyl sites for hydroxylation is 1. The molecule has 2 nitrogen and oxygen atoms in total. The lowest BCUT2D eigenvalue weighted by Gasteiger charge is -2.19. The molecule has 1 N–H and O–H groups in total. The second-order valence-electron chi connectivity index (χ2n) is 5.43. The maximum Gasteiger partial charge on any atom is 0.238 e. The van der Waals surface area contributed by atoms with Gasteiger partial charge in [-0.05, 0) is 35.6 Å². The monoisotopic (exact) mass is 343 g/mol. The van der Waals surface area contributed by atoms with E-state index in [0.717, 1.165) is 18.5 Å². The molecule has 1 amide bonds. The van der Waals surface area contributed by atoms with Crippen LogP contribution in [0.4, 0.5) is 5.69 Å². The Morgan fingerprint density at radius 3 is 2.67 bits per heavy atom. The zero-order valence-electron chi connectivity index (χ0n) is 12.0. The molecule has 2 atom stereocenters. The standard InChI is InChI=1S/C18H18BrNO/c1-2-12-8-9-14-15(13-6-4-3-5-7-13)11-16(19)18(21)20-17(14)10-12/h3-10,15-16H,2,11H2,1H3,(H,20,21). The van der Waals surface area contributed by atoms with E-state index >= 15 is 0 Å². The molecule has 0 aromatic heterocycles. The van der Waals surface area contributed by atoms with Crippen LogP contribution in [0.5, 0.6) is 0 Å². The molecule has 0 saturated carbocycles. The second kappa shape index (κ2) is 6.02. The third-order valence-electron chi connectivity index (χ3n) is 4.09. The summed E-state index contributed by atoms with van der Waals surface area (Å²) in [6, 6.07) is 16.8. The number of nitrogens with one attached hydrogen (secondary N) is 1. The van der Waals surface area contributed by atoms with Gasteiger partial charge in [-0.3, -0.25) is 4.79 Å². The van der Waals surface area contributed by atoms with Crippen molar-refractivity contribution in [3.8, 4) is 0 Å². The van der Waals surface area contributed by atoms with Crippen molar-refractivity contribution in [2.24, 2.45) is 0 Å². The predicted octanol–water partition coefficient (Wildman–Crippen LogP) is 4.49. The van der Waals surface area contributed by atoms with Crippen LogP contribution in [0.3, 0.4) is 0 Å². The van der Waals surface area contributed by atoms with Gasteiger partial charge in [0, 0.05) is 11.6 Å². The Morgan fingerprint density at radius 2 is 1.95 bits per heavy atom. The van der Waals surface area contributed by atoms with E-state index in [9.17, 15) is 4.79 Å². The van der Waals surface area contributed by atoms with Crippen molar-refractivity contribution < 1.29 is 4.79 Å². The first-order chi connectivity index (χ1) is 10.2. The van der Waals surface area contributed by atoms with E-state index in [1.165, 1.54) is 16.7 Å². The third-order valence-corrected chi connectivity index (χ3v) is 4.88. The number of rotatable bonds is 2. The summed E-state index contributed by atoms with van der Waals surface area (Å²) < 4.78 is 0. The van der Waals surface area contributed by atoms with E-state index in [1.807, 2.05) is 6.07 Å². The first kappa shape index (κ1) is 14.3. The topological polar surface area (TPSA) is 29.1 Å². The molecular weight excluding hydrogens is 326 g/mol. The van der Waals surface area contributed by atoms with Gasteiger partial charge >= 0.3 is 0 Å². The van der Waals surface area contributed by atoms with Crippen LogP contribution in [0.15, 0.2) is 48.5 Å². The van der Waals surface area contributed by atoms with Crippen molar-refractivity contribution in [3.05, 3.63) is 65.2 Å². The number of hydrogen-bond donors (Lipinski definition) is 1. The molecule has 0 radical (unpaired) electrons. The van der Waals surface area contributed by atoms with Gasteiger partial charge in [-0.15, -0.1) is 0 Å². The van der Waals surface area contributed by atoms with Crippen molar-refractivity contribution in [1.82, 2.24) is 0 Å². The zero-order valence-corrected chi connectivity index (χ0v) is 13.6. The van der Waals surface area contributed by atoms with E-state index in [4.69, 9.17) is 0 Å². The highest BCUT2D eigenvalue weighted by molar-refractivity contribution is 9.10. The normalized spacial score (nSPS) is 21.3. The van der Waals surface area contributed by atoms with Crippen LogP contribution in [0, 0.1) is 0 Å². The summed E-state index contributed by atoms with van der Waals surface area (Å²) in [5.74, 6) is 0.276. The highest BCUT2D eigenvalue weighted by Crippen LogP contribution is 2.38. The van der Waals surface area contributed by atoms with Crippen LogP contribution < -0.4 is 5.32 Å². The number of hydrogen-bond acceptors (Lipinski definition) is 1. The average molecular weight is 344 g/mol. The van der Waals surface area contributed by atoms with E-state index in [1.54, 1.807) is 0 Å². The smallest absolute Gasteiger partial charge is 0.238 e. The third kappa shape index (κ3) is 2.88. The van der Waals surface area contributed by atoms with Gasteiger partial charge in [0.25, 0.3) is 0 Å². The van der Waals surface area contributed by atoms with Crippen LogP contribution in [0.2, 0.25) is 0 Å². The number of alkyl halides is 1. The number of anilines is 1. The van der Waals surface area contributed by atoms with Crippen molar-refractivity contribution in [1.29, 1.82) is 0 Å². The van der Waals surface area contributed by atoms with E-state index in [2.05, 4.69) is 70.6 Å². The van der Waals surface area contributed by atoms with Gasteiger partial charge in [0.1, 0.15) is 0 Å². The van der Waals surface area contributed by atoms with Crippen LogP contribution >= 0.6 is 15.9 Å². The summed E-state index contributed by atoms with van der Waals surface area (Å²) in [6.45, 7) is 2.13. The molecular formula is C18H18BrNO. The van der Waals surface area contributed by atoms with Crippen molar-refractivity contribution in [2.75, 3.05) is 5.32 Å². The number of benzene rings is 2. The summed E-state index contributed by atoms with van der Waals surface area (Å²) in [6.07, 6.45) is 1.74. The first-order valence-electron chi connectivity index (χ1n) is 7.31. The van der Waals surface area contributed by atoms with Crippen LogP contribution in [0.25, 0.3) is 0 Å². The average Bonchev–Trinajstić information content (AvgIpc) is 2.64. The fraction of sp³-hybridized carbons (Fsp3) is 0.278. The molecule has 3 heteroatoms. The maximum absolute atomic E-state index is 12.2. The first-order valence-corrected chi connectivity index (χ1v) is 8.23. The Labute approximate surface area is 133 Å². The Bertz CT molecular complexity index is 654. The van der Waals surface area contributed by atoms with Crippen LogP contribution in [0.1, 0.15) is 36.0 Å². The number of carbonyl (C=O) groups is 1. The van der Waals surface area contributed by atoms with Crippen molar-refractivity contribution in [2.45, 2.75) is 30.5 Å². The molecule has 3 rings (SSSR count). The Hall–Kier alpha value is -1.61. The lowest BCUT2D eigenvalue weighted by atomic mass is 9.87. The lowest BCUT2D eigenvalue weighted by Crippen LogP contribution is -2.21. The lowest BCUT2D eigenvalue weighted by molar-refractivity contribution is -0.115. The SMILES string of the molecule is CCc1ccc2c(c1)NC(=O)C(Br)CC2c1ccccc1. The molecule has 0 spiro atoms. The van der Waals surface area contributed by atoms with Crippen molar-refractivity contribution >= 4 is 27.5 Å². The molecule has 1 aliphatic heterocycles. The molecule has 108 valence electrons. The number of amides is 1. The molecule has 1 heterocycles. The quantitative estimate of drug-likeness (QED) is 0.800. The minimum absolute atomic E-state index is 0.0444. The van der Waals surface area contributed by atoms with Crippen molar-refractivity contribution in [3.63, 3.8) is 0 Å². The van der Waals surface area contributed by atoms with Gasteiger partial charge in [-0.1, -0.05) is 65.3 Å². The molecule has 0 saturated heterocycles. The molecule has 2 aromatic carbocycles. The highest BCUT2D eigenvalue weighted by atomic mass is 79.9. The van der Waals surface area contributed by atoms with E-state index in [-0.39, 0.29) is 16.7 Å². The summed E-state index contributed by atoms with van der Waals surface area (Å²) >= 11 is 3.52. The predicted molar refractivity (Wildman–Crippen MR) is 90.1 cm³/mol. The summed E-state index contributed by atoms with van der Waals surface area (Å²) in [5.41, 5.74) is 4.65. The number of carbonyl (C=O) groups excluding carboxylic acids is 1. The summed E-state index contributed by atoms with van der Waals surface area (Å²) in [5, 5.41) is 3.06. The van der Waals surface area contributed by atoms with Gasteiger partial charge in [0.05, 0.1) is 4.83 Å².